The van der Waals surface area contributed by atoms with E-state index in [2.05, 4.69) is 22.7 Å². The van der Waals surface area contributed by atoms with E-state index >= 15 is 0 Å². The molecule has 1 aliphatic carbocycles. The lowest BCUT2D eigenvalue weighted by molar-refractivity contribution is -0.120. The van der Waals surface area contributed by atoms with Crippen molar-refractivity contribution in [3.63, 3.8) is 0 Å². The molecule has 0 bridgehead atoms. The molecule has 0 radical (unpaired) electrons. The number of nitrogens with one attached hydrogen (secondary N) is 1. The number of carbonyl (C=O) groups is 1. The Labute approximate surface area is 138 Å². The number of thioether (sulfide) groups is 1. The Morgan fingerprint density at radius 3 is 2.45 bits per heavy atom. The second kappa shape index (κ2) is 9.67. The topological polar surface area (TPSA) is 41.5 Å². The lowest BCUT2D eigenvalue weighted by atomic mass is 9.99. The molecule has 0 aliphatic heterocycles. The maximum atomic E-state index is 12.1. The van der Waals surface area contributed by atoms with Crippen molar-refractivity contribution in [2.75, 3.05) is 0 Å². The van der Waals surface area contributed by atoms with Crippen molar-refractivity contribution in [1.29, 1.82) is 0 Å². The van der Waals surface area contributed by atoms with Gasteiger partial charge in [-0.15, -0.1) is 11.8 Å². The van der Waals surface area contributed by atoms with E-state index in [4.69, 9.17) is 0 Å². The predicted molar refractivity (Wildman–Crippen MR) is 95.1 cm³/mol. The van der Waals surface area contributed by atoms with E-state index in [0.717, 1.165) is 24.3 Å². The monoisotopic (exact) mass is 318 g/mol. The lowest BCUT2D eigenvalue weighted by Gasteiger charge is -2.13. The Bertz CT molecular complexity index is 477. The molecule has 120 valence electrons. The van der Waals surface area contributed by atoms with Crippen molar-refractivity contribution in [1.82, 2.24) is 5.43 Å². The van der Waals surface area contributed by atoms with Crippen molar-refractivity contribution >= 4 is 23.4 Å². The summed E-state index contributed by atoms with van der Waals surface area (Å²) < 4.78 is 0. The van der Waals surface area contributed by atoms with Gasteiger partial charge in [0.25, 0.3) is 5.91 Å². The summed E-state index contributed by atoms with van der Waals surface area (Å²) in [6.45, 7) is 1.95. The van der Waals surface area contributed by atoms with Gasteiger partial charge < -0.3 is 0 Å². The molecular weight excluding hydrogens is 292 g/mol. The molecule has 1 atom stereocenters. The molecule has 1 N–H and O–H groups in total. The van der Waals surface area contributed by atoms with Crippen LogP contribution in [0.2, 0.25) is 0 Å². The first-order chi connectivity index (χ1) is 10.8. The number of rotatable bonds is 5. The van der Waals surface area contributed by atoms with Crippen LogP contribution in [0, 0.1) is 0 Å². The second-order valence-electron chi connectivity index (χ2n) is 5.86. The normalized spacial score (nSPS) is 17.2. The Kier molecular flexibility index (Phi) is 7.50. The minimum atomic E-state index is -0.0851. The number of amides is 1. The van der Waals surface area contributed by atoms with Gasteiger partial charge in [-0.1, -0.05) is 49.6 Å². The fraction of sp³-hybridized carbons (Fsp3) is 0.556. The van der Waals surface area contributed by atoms with Crippen molar-refractivity contribution in [3.05, 3.63) is 35.9 Å². The summed E-state index contributed by atoms with van der Waals surface area (Å²) in [5.74, 6) is 0.863. The molecule has 4 heteroatoms. The van der Waals surface area contributed by atoms with Crippen LogP contribution in [-0.2, 0) is 10.5 Å². The molecule has 1 fully saturated rings. The average Bonchev–Trinajstić information content (AvgIpc) is 2.52. The molecule has 1 amide bonds. The van der Waals surface area contributed by atoms with Gasteiger partial charge in [0, 0.05) is 11.5 Å². The highest BCUT2D eigenvalue weighted by atomic mass is 32.2. The molecule has 0 unspecified atom stereocenters. The van der Waals surface area contributed by atoms with E-state index in [1.165, 1.54) is 37.7 Å². The molecule has 3 nitrogen and oxygen atoms in total. The third-order valence-corrected chi connectivity index (χ3v) is 5.18. The minimum absolute atomic E-state index is 0.00971. The fourth-order valence-corrected chi connectivity index (χ4v) is 3.36. The van der Waals surface area contributed by atoms with E-state index in [-0.39, 0.29) is 11.2 Å². The van der Waals surface area contributed by atoms with Crippen molar-refractivity contribution < 1.29 is 4.79 Å². The van der Waals surface area contributed by atoms with Crippen molar-refractivity contribution in [2.24, 2.45) is 5.10 Å². The van der Waals surface area contributed by atoms with Gasteiger partial charge in [-0.05, 0) is 38.2 Å². The van der Waals surface area contributed by atoms with Crippen LogP contribution in [0.25, 0.3) is 0 Å². The highest BCUT2D eigenvalue weighted by molar-refractivity contribution is 7.99. The van der Waals surface area contributed by atoms with Crippen LogP contribution in [0.3, 0.4) is 0 Å². The molecular formula is C18H26N2OS. The Balaban J connectivity index is 1.75. The van der Waals surface area contributed by atoms with E-state index in [0.29, 0.717) is 0 Å². The third-order valence-electron chi connectivity index (χ3n) is 3.97. The maximum absolute atomic E-state index is 12.1. The van der Waals surface area contributed by atoms with Crippen LogP contribution >= 0.6 is 11.8 Å². The zero-order valence-corrected chi connectivity index (χ0v) is 14.2. The van der Waals surface area contributed by atoms with Crippen molar-refractivity contribution in [2.45, 2.75) is 62.9 Å². The van der Waals surface area contributed by atoms with Gasteiger partial charge in [0.2, 0.25) is 0 Å². The molecule has 0 saturated heterocycles. The largest absolute Gasteiger partial charge is 0.272 e. The number of hydrogen-bond acceptors (Lipinski definition) is 3. The van der Waals surface area contributed by atoms with Crippen LogP contribution in [0.15, 0.2) is 35.4 Å². The first-order valence-electron chi connectivity index (χ1n) is 8.26. The van der Waals surface area contributed by atoms with Crippen LogP contribution in [-0.4, -0.2) is 16.9 Å². The molecule has 1 aromatic rings. The summed E-state index contributed by atoms with van der Waals surface area (Å²) in [5.41, 5.74) is 5.17. The SMILES string of the molecule is C[C@H](SCc1ccccc1)C(=O)NN=C1CCCCCCC1. The first kappa shape index (κ1) is 17.1. The van der Waals surface area contributed by atoms with Crippen LogP contribution in [0.5, 0.6) is 0 Å². The summed E-state index contributed by atoms with van der Waals surface area (Å²) in [7, 11) is 0. The maximum Gasteiger partial charge on any atom is 0.252 e. The number of hydrogen-bond donors (Lipinski definition) is 1. The number of carbonyl (C=O) groups excluding carboxylic acids is 1. The van der Waals surface area contributed by atoms with Gasteiger partial charge >= 0.3 is 0 Å². The van der Waals surface area contributed by atoms with Gasteiger partial charge in [-0.3, -0.25) is 4.79 Å². The highest BCUT2D eigenvalue weighted by Gasteiger charge is 2.13. The van der Waals surface area contributed by atoms with Crippen molar-refractivity contribution in [3.8, 4) is 0 Å². The molecule has 0 aromatic heterocycles. The molecule has 1 saturated carbocycles. The van der Waals surface area contributed by atoms with Gasteiger partial charge in [0.05, 0.1) is 5.25 Å². The van der Waals surface area contributed by atoms with Gasteiger partial charge in [-0.2, -0.15) is 5.10 Å². The van der Waals surface area contributed by atoms with E-state index < -0.39 is 0 Å². The van der Waals surface area contributed by atoms with Gasteiger partial charge in [0.15, 0.2) is 0 Å². The van der Waals surface area contributed by atoms with E-state index in [9.17, 15) is 4.79 Å². The summed E-state index contributed by atoms with van der Waals surface area (Å²) in [4.78, 5) is 12.1. The first-order valence-corrected chi connectivity index (χ1v) is 9.31. The average molecular weight is 318 g/mol. The number of benzene rings is 1. The number of hydrazone groups is 1. The predicted octanol–water partition coefficient (Wildman–Crippen LogP) is 4.52. The smallest absolute Gasteiger partial charge is 0.252 e. The zero-order chi connectivity index (χ0) is 15.6. The molecule has 22 heavy (non-hydrogen) atoms. The summed E-state index contributed by atoms with van der Waals surface area (Å²) in [6, 6.07) is 10.2. The summed E-state index contributed by atoms with van der Waals surface area (Å²) in [5, 5.41) is 4.28. The summed E-state index contributed by atoms with van der Waals surface area (Å²) in [6.07, 6.45) is 8.39. The van der Waals surface area contributed by atoms with Crippen LogP contribution < -0.4 is 5.43 Å². The van der Waals surface area contributed by atoms with E-state index in [1.807, 2.05) is 25.1 Å². The van der Waals surface area contributed by atoms with Crippen LogP contribution in [0.1, 0.15) is 57.4 Å². The standard InChI is InChI=1S/C18H26N2OS/c1-15(22-14-16-10-6-5-7-11-16)18(21)20-19-17-12-8-3-2-4-9-13-17/h5-7,10-11,15H,2-4,8-9,12-14H2,1H3,(H,20,21)/t15-/m0/s1. The van der Waals surface area contributed by atoms with Crippen LogP contribution in [0.4, 0.5) is 0 Å². The molecule has 1 aliphatic rings. The van der Waals surface area contributed by atoms with Gasteiger partial charge in [0.1, 0.15) is 0 Å². The Hall–Kier alpha value is -1.29. The minimum Gasteiger partial charge on any atom is -0.272 e. The van der Waals surface area contributed by atoms with Gasteiger partial charge in [-0.25, -0.2) is 5.43 Å². The molecule has 2 rings (SSSR count). The Morgan fingerprint density at radius 1 is 1.14 bits per heavy atom. The Morgan fingerprint density at radius 2 is 1.77 bits per heavy atom. The number of nitrogens with zero attached hydrogens (tertiary/aromatic N) is 1. The zero-order valence-electron chi connectivity index (χ0n) is 13.4. The van der Waals surface area contributed by atoms with E-state index in [1.54, 1.807) is 11.8 Å². The fourth-order valence-electron chi connectivity index (χ4n) is 2.52. The lowest BCUT2D eigenvalue weighted by Crippen LogP contribution is -2.28. The third kappa shape index (κ3) is 6.22. The second-order valence-corrected chi connectivity index (χ2v) is 7.19. The highest BCUT2D eigenvalue weighted by Crippen LogP contribution is 2.18. The quantitative estimate of drug-likeness (QED) is 0.811. The summed E-state index contributed by atoms with van der Waals surface area (Å²) >= 11 is 1.65. The molecule has 0 heterocycles. The molecule has 0 spiro atoms. The molecule has 1 aromatic carbocycles.